The van der Waals surface area contributed by atoms with Gasteiger partial charge >= 0.3 is 12.4 Å². The van der Waals surface area contributed by atoms with Gasteiger partial charge in [-0.15, -0.1) is 0 Å². The maximum atomic E-state index is 12.9. The lowest BCUT2D eigenvalue weighted by Crippen LogP contribution is -2.09. The average Bonchev–Trinajstić information content (AvgIpc) is 1.08. The molecule has 16 aromatic rings. The standard InChI is InChI=1S/C22H14Cl3F3N2O2S2.C21H10Cl4F3NO3S2.C20H11Cl5N2O2S2.C20H10Cl5NO3S2/c1-11-2-4-17-18(6-11)33-21(29-17)30-20-15(24)7-12(8-16(20)25)10-34(31,32)19-5-3-13(9-14(19)23)22(26,27)28;22-12-2-3-16-17(8-12)33-20(29-16)32-19-14(24)5-10(6-15(19)25)9-34(30,31)18-4-1-11(7-13(18)23)21(26,27)28;21-11-2-4-18(13(23)7-11)31(28,29)9-10-5-14(24)19(15(25)6-10)27-20-26-16-3-1-12(22)8-17(16)30-20;21-11-2-4-18(13(23)7-11)31(27,28)9-10-5-14(24)19(15(25)6-10)29-20-26-16-3-1-12(22)8-17(16)30-20/h2-9H,10H2,1H3,(H,29,30);1-8H,9H2;1-8H,9H2,(H,26,27);1-8H,9H2. The fourth-order valence-corrected chi connectivity index (χ4v) is 27.0. The van der Waals surface area contributed by atoms with E-state index in [9.17, 15) is 60.0 Å². The van der Waals surface area contributed by atoms with Gasteiger partial charge in [0, 0.05) is 25.1 Å². The van der Waals surface area contributed by atoms with Crippen LogP contribution in [-0.4, -0.2) is 53.6 Å². The first-order chi connectivity index (χ1) is 60.9. The van der Waals surface area contributed by atoms with Crippen molar-refractivity contribution in [3.8, 4) is 21.9 Å². The number of alkyl halides is 6. The van der Waals surface area contributed by atoms with Crippen LogP contribution in [0, 0.1) is 6.92 Å². The number of thiazole rings is 4. The number of nitrogens with zero attached hydrogens (tertiary/aromatic N) is 4. The molecule has 0 saturated carbocycles. The van der Waals surface area contributed by atoms with Crippen LogP contribution in [0.15, 0.2) is 214 Å². The van der Waals surface area contributed by atoms with Crippen molar-refractivity contribution in [1.29, 1.82) is 0 Å². The first kappa shape index (κ1) is 101. The molecule has 0 aliphatic rings. The zero-order valence-corrected chi connectivity index (χ0v) is 83.5. The number of aryl methyl sites for hydroxylation is 1. The van der Waals surface area contributed by atoms with Gasteiger partial charge in [-0.25, -0.2) is 53.6 Å². The van der Waals surface area contributed by atoms with Crippen molar-refractivity contribution in [2.75, 3.05) is 10.6 Å². The summed E-state index contributed by atoms with van der Waals surface area (Å²) in [5.41, 5.74) is 3.99. The highest BCUT2D eigenvalue weighted by atomic mass is 35.5. The molecule has 0 unspecified atom stereocenters. The third kappa shape index (κ3) is 25.1. The fourth-order valence-electron chi connectivity index (χ4n) is 12.0. The predicted molar refractivity (Wildman–Crippen MR) is 520 cm³/mol. The van der Waals surface area contributed by atoms with E-state index in [0.717, 1.165) is 53.0 Å². The van der Waals surface area contributed by atoms with Gasteiger partial charge in [-0.2, -0.15) is 26.3 Å². The lowest BCUT2D eigenvalue weighted by atomic mass is 10.2. The quantitative estimate of drug-likeness (QED) is 0.0676. The van der Waals surface area contributed by atoms with E-state index in [-0.39, 0.29) is 99.3 Å². The molecule has 676 valence electrons. The second kappa shape index (κ2) is 41.3. The molecule has 0 saturated heterocycles. The van der Waals surface area contributed by atoms with E-state index < -0.39 is 94.2 Å². The summed E-state index contributed by atoms with van der Waals surface area (Å²) in [5.74, 6) is -1.58. The van der Waals surface area contributed by atoms with Gasteiger partial charge in [0.05, 0.1) is 166 Å². The minimum absolute atomic E-state index is 0.0128. The van der Waals surface area contributed by atoms with E-state index in [0.29, 0.717) is 92.9 Å². The molecule has 0 fully saturated rings. The zero-order valence-electron chi connectivity index (χ0n) is 64.1. The normalized spacial score (nSPS) is 12.1. The molecule has 16 nitrogen and oxygen atoms in total. The van der Waals surface area contributed by atoms with E-state index in [2.05, 4.69) is 30.6 Å². The molecule has 0 aliphatic carbocycles. The van der Waals surface area contributed by atoms with Crippen LogP contribution < -0.4 is 20.1 Å². The highest BCUT2D eigenvalue weighted by Crippen LogP contribution is 2.47. The third-order valence-corrected chi connectivity index (χ3v) is 33.6. The Hall–Kier alpha value is -6.29. The number of nitrogens with one attached hydrogen (secondary N) is 2. The van der Waals surface area contributed by atoms with Crippen molar-refractivity contribution < 1.29 is 69.5 Å². The summed E-state index contributed by atoms with van der Waals surface area (Å²) in [4.78, 5) is 16.8. The molecule has 0 atom stereocenters. The Morgan fingerprint density at radius 3 is 0.846 bits per heavy atom. The van der Waals surface area contributed by atoms with E-state index >= 15 is 0 Å². The van der Waals surface area contributed by atoms with Crippen LogP contribution in [0.5, 0.6) is 21.9 Å². The van der Waals surface area contributed by atoms with Crippen molar-refractivity contribution in [2.45, 2.75) is 61.9 Å². The summed E-state index contributed by atoms with van der Waals surface area (Å²) in [6.07, 6.45) is -9.30. The van der Waals surface area contributed by atoms with Gasteiger partial charge in [0.25, 0.3) is 10.4 Å². The molecule has 2 N–H and O–H groups in total. The minimum atomic E-state index is -4.65. The first-order valence-corrected chi connectivity index (χ1v) is 52.1. The van der Waals surface area contributed by atoms with Crippen LogP contribution in [0.3, 0.4) is 0 Å². The molecule has 0 radical (unpaired) electrons. The molecule has 47 heteroatoms. The van der Waals surface area contributed by atoms with Gasteiger partial charge in [0.2, 0.25) is 0 Å². The average molecular weight is 2260 g/mol. The van der Waals surface area contributed by atoms with Gasteiger partial charge in [-0.3, -0.25) is 0 Å². The number of hydrogen-bond donors (Lipinski definition) is 2. The molecule has 0 spiro atoms. The van der Waals surface area contributed by atoms with Gasteiger partial charge in [0.1, 0.15) is 0 Å². The Morgan fingerprint density at radius 2 is 0.546 bits per heavy atom. The number of sulfone groups is 4. The number of ether oxygens (including phenoxy) is 2. The first-order valence-electron chi connectivity index (χ1n) is 35.8. The lowest BCUT2D eigenvalue weighted by molar-refractivity contribution is -0.138. The van der Waals surface area contributed by atoms with E-state index in [1.165, 1.54) is 118 Å². The number of benzene rings is 12. The molecular formula is C83H45Cl17F6N6O10S8. The molecule has 0 aliphatic heterocycles. The van der Waals surface area contributed by atoms with Crippen LogP contribution >= 0.6 is 243 Å². The highest BCUT2D eigenvalue weighted by molar-refractivity contribution is 7.91. The van der Waals surface area contributed by atoms with Gasteiger partial charge in [-0.05, 0) is 223 Å². The second-order valence-corrected chi connectivity index (χ2v) is 46.3. The van der Waals surface area contributed by atoms with E-state index in [1.54, 1.807) is 54.6 Å². The molecule has 0 bridgehead atoms. The number of halogens is 23. The maximum Gasteiger partial charge on any atom is 0.416 e. The number of hydrogen-bond acceptors (Lipinski definition) is 20. The van der Waals surface area contributed by atoms with Crippen molar-refractivity contribution in [2.24, 2.45) is 0 Å². The van der Waals surface area contributed by atoms with Gasteiger partial charge < -0.3 is 20.1 Å². The van der Waals surface area contributed by atoms with Crippen molar-refractivity contribution in [3.63, 3.8) is 0 Å². The molecule has 130 heavy (non-hydrogen) atoms. The van der Waals surface area contributed by atoms with Crippen LogP contribution in [-0.2, 0) is 74.7 Å². The van der Waals surface area contributed by atoms with Crippen LogP contribution in [0.25, 0.3) is 40.9 Å². The largest absolute Gasteiger partial charge is 0.428 e. The molecule has 12 aromatic carbocycles. The number of fused-ring (bicyclic) bond motifs is 4. The van der Waals surface area contributed by atoms with Crippen LogP contribution in [0.1, 0.15) is 38.9 Å². The summed E-state index contributed by atoms with van der Waals surface area (Å²) in [7, 11) is -15.7. The lowest BCUT2D eigenvalue weighted by Gasteiger charge is -2.13. The van der Waals surface area contributed by atoms with E-state index in [1.807, 2.05) is 37.3 Å². The summed E-state index contributed by atoms with van der Waals surface area (Å²) >= 11 is 110. The summed E-state index contributed by atoms with van der Waals surface area (Å²) in [6, 6.07) is 45.8. The van der Waals surface area contributed by atoms with Crippen molar-refractivity contribution >= 4 is 344 Å². The molecule has 16 rings (SSSR count). The Balaban J connectivity index is 0.000000148. The monoisotopic (exact) mass is 2250 g/mol. The summed E-state index contributed by atoms with van der Waals surface area (Å²) in [5, 5.41) is 10.5. The SMILES string of the molecule is Cc1ccc2nc(Nc3c(Cl)cc(CS(=O)(=O)c4ccc(C(F)(F)F)cc4Cl)cc3Cl)sc2c1.O=S(=O)(Cc1cc(Cl)c(Nc2nc3ccc(Cl)cc3s2)c(Cl)c1)c1ccc(Cl)cc1Cl.O=S(=O)(Cc1cc(Cl)c(Oc2nc3ccc(Cl)cc3s2)c(Cl)c1)c1ccc(C(F)(F)F)cc1Cl.O=S(=O)(Cc1cc(Cl)c(Oc2nc3ccc(Cl)cc3s2)c(Cl)c1)c1ccc(Cl)cc1Cl. The molecular weight excluding hydrogens is 2210 g/mol. The Kier molecular flexibility index (Phi) is 32.2. The second-order valence-electron chi connectivity index (χ2n) is 27.4. The molecule has 0 amide bonds. The van der Waals surface area contributed by atoms with Crippen LogP contribution in [0.2, 0.25) is 85.4 Å². The third-order valence-electron chi connectivity index (χ3n) is 17.8. The highest BCUT2D eigenvalue weighted by Gasteiger charge is 2.35. The van der Waals surface area contributed by atoms with E-state index in [4.69, 9.17) is 207 Å². The number of rotatable bonds is 20. The predicted octanol–water partition coefficient (Wildman–Crippen LogP) is 33.6. The zero-order chi connectivity index (χ0) is 94.3. The number of anilines is 4. The topological polar surface area (TPSA) is 231 Å². The van der Waals surface area contributed by atoms with Gasteiger partial charge in [0.15, 0.2) is 61.1 Å². The van der Waals surface area contributed by atoms with Crippen molar-refractivity contribution in [1.82, 2.24) is 19.9 Å². The molecule has 4 aromatic heterocycles. The fraction of sp³-hybridized carbons (Fsp3) is 0.0843. The molecule has 4 heterocycles. The maximum absolute atomic E-state index is 12.9. The minimum Gasteiger partial charge on any atom is -0.428 e. The Morgan fingerprint density at radius 1 is 0.292 bits per heavy atom. The van der Waals surface area contributed by atoms with Crippen molar-refractivity contribution in [3.05, 3.63) is 318 Å². The van der Waals surface area contributed by atoms with Crippen LogP contribution in [0.4, 0.5) is 48.0 Å². The number of aromatic nitrogens is 4. The smallest absolute Gasteiger partial charge is 0.416 e. The Labute approximate surface area is 837 Å². The van der Waals surface area contributed by atoms with Gasteiger partial charge in [-0.1, -0.05) is 249 Å². The summed E-state index contributed by atoms with van der Waals surface area (Å²) in [6.45, 7) is 1.98. The summed E-state index contributed by atoms with van der Waals surface area (Å²) < 4.78 is 195. The Bertz CT molecular complexity index is 7130.